The van der Waals surface area contributed by atoms with Gasteiger partial charge in [0.25, 0.3) is 5.91 Å². The molecule has 0 fully saturated rings. The van der Waals surface area contributed by atoms with Crippen molar-refractivity contribution < 1.29 is 18.3 Å². The second-order valence-corrected chi connectivity index (χ2v) is 6.00. The fourth-order valence-corrected chi connectivity index (χ4v) is 3.46. The summed E-state index contributed by atoms with van der Waals surface area (Å²) in [5.74, 6) is -0.480. The number of amides is 1. The number of fused-ring (bicyclic) bond motifs is 1. The van der Waals surface area contributed by atoms with E-state index in [1.165, 1.54) is 6.07 Å². The maximum atomic E-state index is 12.3. The highest BCUT2D eigenvalue weighted by molar-refractivity contribution is 7.12. The molecular formula is C14H15F2N3O2S. The molecule has 1 aliphatic carbocycles. The topological polar surface area (TPSA) is 56.2 Å². The van der Waals surface area contributed by atoms with Crippen LogP contribution in [-0.4, -0.2) is 22.3 Å². The molecule has 0 aliphatic heterocycles. The fourth-order valence-electron chi connectivity index (χ4n) is 2.73. The lowest BCUT2D eigenvalue weighted by Gasteiger charge is -2.23. The van der Waals surface area contributed by atoms with Gasteiger partial charge < -0.3 is 10.1 Å². The van der Waals surface area contributed by atoms with Crippen LogP contribution in [0.2, 0.25) is 0 Å². The maximum absolute atomic E-state index is 12.3. The first kappa shape index (κ1) is 15.0. The van der Waals surface area contributed by atoms with Gasteiger partial charge in [-0.1, -0.05) is 0 Å². The van der Waals surface area contributed by atoms with Crippen molar-refractivity contribution in [1.82, 2.24) is 15.1 Å². The van der Waals surface area contributed by atoms with E-state index in [2.05, 4.69) is 15.2 Å². The van der Waals surface area contributed by atoms with Crippen LogP contribution in [0.1, 0.15) is 39.8 Å². The highest BCUT2D eigenvalue weighted by Gasteiger charge is 2.26. The number of hydrogen-bond acceptors (Lipinski definition) is 4. The third-order valence-electron chi connectivity index (χ3n) is 3.73. The molecule has 1 aliphatic rings. The first-order valence-electron chi connectivity index (χ1n) is 6.90. The summed E-state index contributed by atoms with van der Waals surface area (Å²) in [6.07, 6.45) is 4.44. The van der Waals surface area contributed by atoms with Crippen molar-refractivity contribution in [2.75, 3.05) is 0 Å². The minimum atomic E-state index is -2.94. The second-order valence-electron chi connectivity index (χ2n) is 5.08. The number of thiophene rings is 1. The van der Waals surface area contributed by atoms with E-state index in [4.69, 9.17) is 0 Å². The Morgan fingerprint density at radius 1 is 1.59 bits per heavy atom. The van der Waals surface area contributed by atoms with Crippen molar-refractivity contribution in [2.24, 2.45) is 7.05 Å². The van der Waals surface area contributed by atoms with Crippen LogP contribution in [0, 0.1) is 0 Å². The molecule has 1 amide bonds. The summed E-state index contributed by atoms with van der Waals surface area (Å²) in [6, 6.07) is 1.23. The van der Waals surface area contributed by atoms with E-state index in [0.29, 0.717) is 0 Å². The standard InChI is InChI=1S/C14H15F2N3O2S/c1-19-10-4-2-3-9(8(10)7-17-19)18-13(20)12-11(5-6-22-12)21-14(15)16/h5-7,9,14H,2-4H2,1H3,(H,18,20). The monoisotopic (exact) mass is 327 g/mol. The molecule has 0 aromatic carbocycles. The molecule has 2 heterocycles. The Balaban J connectivity index is 1.77. The summed E-state index contributed by atoms with van der Waals surface area (Å²) >= 11 is 1.08. The Bertz CT molecular complexity index is 683. The van der Waals surface area contributed by atoms with Gasteiger partial charge in [-0.2, -0.15) is 13.9 Å². The Morgan fingerprint density at radius 2 is 2.41 bits per heavy atom. The number of hydrogen-bond donors (Lipinski definition) is 1. The Hall–Kier alpha value is -1.96. The summed E-state index contributed by atoms with van der Waals surface area (Å²) in [4.78, 5) is 12.5. The van der Waals surface area contributed by atoms with Crippen LogP contribution in [0.5, 0.6) is 5.75 Å². The number of ether oxygens (including phenoxy) is 1. The van der Waals surface area contributed by atoms with E-state index in [9.17, 15) is 13.6 Å². The van der Waals surface area contributed by atoms with E-state index in [-0.39, 0.29) is 16.7 Å². The second kappa shape index (κ2) is 6.04. The van der Waals surface area contributed by atoms with Crippen molar-refractivity contribution in [3.05, 3.63) is 33.8 Å². The molecule has 2 aromatic heterocycles. The highest BCUT2D eigenvalue weighted by Crippen LogP contribution is 2.31. The van der Waals surface area contributed by atoms with Crippen LogP contribution >= 0.6 is 11.3 Å². The molecule has 3 rings (SSSR count). The summed E-state index contributed by atoms with van der Waals surface area (Å²) in [7, 11) is 1.87. The normalized spacial score (nSPS) is 17.4. The van der Waals surface area contributed by atoms with Gasteiger partial charge in [0, 0.05) is 18.3 Å². The Morgan fingerprint density at radius 3 is 3.18 bits per heavy atom. The minimum Gasteiger partial charge on any atom is -0.433 e. The quantitative estimate of drug-likeness (QED) is 0.939. The number of alkyl halides is 2. The van der Waals surface area contributed by atoms with Crippen LogP contribution in [0.25, 0.3) is 0 Å². The third-order valence-corrected chi connectivity index (χ3v) is 4.63. The van der Waals surface area contributed by atoms with Crippen molar-refractivity contribution in [2.45, 2.75) is 31.9 Å². The first-order chi connectivity index (χ1) is 10.6. The van der Waals surface area contributed by atoms with Gasteiger partial charge in [-0.15, -0.1) is 11.3 Å². The zero-order valence-electron chi connectivity index (χ0n) is 11.9. The van der Waals surface area contributed by atoms with Gasteiger partial charge in [0.15, 0.2) is 0 Å². The molecule has 0 spiro atoms. The predicted molar refractivity (Wildman–Crippen MR) is 77.3 cm³/mol. The van der Waals surface area contributed by atoms with Crippen LogP contribution in [0.4, 0.5) is 8.78 Å². The lowest BCUT2D eigenvalue weighted by Crippen LogP contribution is -2.30. The molecule has 118 valence electrons. The number of aryl methyl sites for hydroxylation is 1. The number of carbonyl (C=O) groups excluding carboxylic acids is 1. The van der Waals surface area contributed by atoms with Gasteiger partial charge in [-0.3, -0.25) is 9.48 Å². The largest absolute Gasteiger partial charge is 0.433 e. The highest BCUT2D eigenvalue weighted by atomic mass is 32.1. The number of nitrogens with zero attached hydrogens (tertiary/aromatic N) is 2. The van der Waals surface area contributed by atoms with Gasteiger partial charge in [0.2, 0.25) is 0 Å². The van der Waals surface area contributed by atoms with Gasteiger partial charge in [0.05, 0.1) is 12.2 Å². The number of carbonyl (C=O) groups is 1. The Kier molecular flexibility index (Phi) is 4.10. The van der Waals surface area contributed by atoms with Crippen LogP contribution < -0.4 is 10.1 Å². The number of halogens is 2. The average molecular weight is 327 g/mol. The lowest BCUT2D eigenvalue weighted by molar-refractivity contribution is -0.0498. The van der Waals surface area contributed by atoms with Crippen molar-refractivity contribution in [1.29, 1.82) is 0 Å². The van der Waals surface area contributed by atoms with E-state index in [1.807, 2.05) is 11.7 Å². The third kappa shape index (κ3) is 2.83. The van der Waals surface area contributed by atoms with Gasteiger partial charge in [0.1, 0.15) is 10.6 Å². The van der Waals surface area contributed by atoms with Crippen molar-refractivity contribution in [3.8, 4) is 5.75 Å². The van der Waals surface area contributed by atoms with E-state index in [1.54, 1.807) is 11.6 Å². The maximum Gasteiger partial charge on any atom is 0.387 e. The average Bonchev–Trinajstić information content (AvgIpc) is 3.06. The molecule has 2 aromatic rings. The molecule has 1 N–H and O–H groups in total. The zero-order valence-corrected chi connectivity index (χ0v) is 12.7. The van der Waals surface area contributed by atoms with Crippen LogP contribution in [0.15, 0.2) is 17.6 Å². The molecule has 0 radical (unpaired) electrons. The summed E-state index contributed by atoms with van der Waals surface area (Å²) in [5.41, 5.74) is 2.10. The lowest BCUT2D eigenvalue weighted by atomic mass is 9.93. The van der Waals surface area contributed by atoms with Crippen molar-refractivity contribution in [3.63, 3.8) is 0 Å². The Labute approximate surface area is 129 Å². The molecule has 1 atom stereocenters. The van der Waals surface area contributed by atoms with Gasteiger partial charge in [-0.25, -0.2) is 0 Å². The predicted octanol–water partition coefficient (Wildman–Crippen LogP) is 2.89. The zero-order chi connectivity index (χ0) is 15.7. The first-order valence-corrected chi connectivity index (χ1v) is 7.78. The van der Waals surface area contributed by atoms with E-state index >= 15 is 0 Å². The summed E-state index contributed by atoms with van der Waals surface area (Å²) in [5, 5.41) is 8.68. The van der Waals surface area contributed by atoms with Gasteiger partial charge in [-0.05, 0) is 30.7 Å². The minimum absolute atomic E-state index is 0.0836. The fraction of sp³-hybridized carbons (Fsp3) is 0.429. The molecule has 0 bridgehead atoms. The SMILES string of the molecule is Cn1ncc2c1CCCC2NC(=O)c1sccc1OC(F)F. The summed E-state index contributed by atoms with van der Waals surface area (Å²) < 4.78 is 30.9. The molecule has 1 unspecified atom stereocenters. The summed E-state index contributed by atoms with van der Waals surface area (Å²) in [6.45, 7) is -2.94. The molecule has 5 nitrogen and oxygen atoms in total. The molecule has 22 heavy (non-hydrogen) atoms. The van der Waals surface area contributed by atoms with E-state index in [0.717, 1.165) is 41.9 Å². The molecule has 8 heteroatoms. The smallest absolute Gasteiger partial charge is 0.387 e. The van der Waals surface area contributed by atoms with Crippen molar-refractivity contribution >= 4 is 17.2 Å². The molecule has 0 saturated heterocycles. The van der Waals surface area contributed by atoms with Gasteiger partial charge >= 0.3 is 6.61 Å². The number of rotatable bonds is 4. The van der Waals surface area contributed by atoms with Crippen LogP contribution in [0.3, 0.4) is 0 Å². The van der Waals surface area contributed by atoms with E-state index < -0.39 is 12.5 Å². The van der Waals surface area contributed by atoms with Crippen LogP contribution in [-0.2, 0) is 13.5 Å². The molecular weight excluding hydrogens is 312 g/mol. The number of nitrogens with one attached hydrogen (secondary N) is 1. The number of aromatic nitrogens is 2. The molecule has 0 saturated carbocycles.